The van der Waals surface area contributed by atoms with Crippen LogP contribution in [-0.2, 0) is 0 Å². The molecule has 0 amide bonds. The highest BCUT2D eigenvalue weighted by molar-refractivity contribution is 5.85. The van der Waals surface area contributed by atoms with Crippen LogP contribution >= 0.6 is 12.4 Å². The van der Waals surface area contributed by atoms with E-state index in [9.17, 15) is 13.2 Å². The topological polar surface area (TPSA) is 35.2 Å². The van der Waals surface area contributed by atoms with Crippen LogP contribution in [0, 0.1) is 0 Å². The van der Waals surface area contributed by atoms with Crippen molar-refractivity contribution in [3.05, 3.63) is 42.5 Å². The second kappa shape index (κ2) is 6.51. The number of alkyl halides is 3. The van der Waals surface area contributed by atoms with Crippen LogP contribution in [0.4, 0.5) is 13.2 Å². The zero-order chi connectivity index (χ0) is 12.2. The van der Waals surface area contributed by atoms with Crippen molar-refractivity contribution in [2.24, 2.45) is 5.73 Å². The van der Waals surface area contributed by atoms with Gasteiger partial charge in [-0.3, -0.25) is 0 Å². The molecular formula is C11H13ClF3NO. The Hall–Kier alpha value is -1.20. The fourth-order valence-electron chi connectivity index (χ4n) is 1.23. The minimum Gasteiger partial charge on any atom is -0.406 e. The summed E-state index contributed by atoms with van der Waals surface area (Å²) in [7, 11) is 0. The number of ether oxygens (including phenoxy) is 1. The fourth-order valence-corrected chi connectivity index (χ4v) is 1.23. The van der Waals surface area contributed by atoms with Crippen LogP contribution in [0.5, 0.6) is 5.75 Å². The summed E-state index contributed by atoms with van der Waals surface area (Å²) in [5.41, 5.74) is 6.49. The summed E-state index contributed by atoms with van der Waals surface area (Å²) >= 11 is 0. The Labute approximate surface area is 104 Å². The Bertz CT molecular complexity index is 351. The molecule has 0 fully saturated rings. The average molecular weight is 268 g/mol. The van der Waals surface area contributed by atoms with Gasteiger partial charge in [0.25, 0.3) is 0 Å². The quantitative estimate of drug-likeness (QED) is 0.846. The summed E-state index contributed by atoms with van der Waals surface area (Å²) in [6.45, 7) is 3.54. The normalized spacial score (nSPS) is 12.5. The Morgan fingerprint density at radius 2 is 1.82 bits per heavy atom. The van der Waals surface area contributed by atoms with Crippen LogP contribution in [0.15, 0.2) is 36.9 Å². The van der Waals surface area contributed by atoms with Crippen molar-refractivity contribution in [3.8, 4) is 5.75 Å². The van der Waals surface area contributed by atoms with Crippen LogP contribution in [0.25, 0.3) is 0 Å². The third kappa shape index (κ3) is 5.60. The molecular weight excluding hydrogens is 255 g/mol. The SMILES string of the molecule is C=CC[C@H](N)c1ccc(OC(F)(F)F)cc1.Cl. The van der Waals surface area contributed by atoms with Crippen LogP contribution in [0.3, 0.4) is 0 Å². The molecule has 0 unspecified atom stereocenters. The van der Waals surface area contributed by atoms with Gasteiger partial charge < -0.3 is 10.5 Å². The second-order valence-corrected chi connectivity index (χ2v) is 3.25. The van der Waals surface area contributed by atoms with E-state index in [0.29, 0.717) is 6.42 Å². The smallest absolute Gasteiger partial charge is 0.406 e. The summed E-state index contributed by atoms with van der Waals surface area (Å²) in [5, 5.41) is 0. The summed E-state index contributed by atoms with van der Waals surface area (Å²) in [5.74, 6) is -0.248. The number of halogens is 4. The molecule has 17 heavy (non-hydrogen) atoms. The third-order valence-electron chi connectivity index (χ3n) is 1.96. The van der Waals surface area contributed by atoms with Crippen molar-refractivity contribution < 1.29 is 17.9 Å². The van der Waals surface area contributed by atoms with Gasteiger partial charge in [0.05, 0.1) is 0 Å². The van der Waals surface area contributed by atoms with E-state index in [2.05, 4.69) is 11.3 Å². The zero-order valence-corrected chi connectivity index (χ0v) is 9.72. The van der Waals surface area contributed by atoms with Gasteiger partial charge in [-0.2, -0.15) is 0 Å². The van der Waals surface area contributed by atoms with Crippen molar-refractivity contribution in [1.82, 2.24) is 0 Å². The number of hydrogen-bond donors (Lipinski definition) is 1. The highest BCUT2D eigenvalue weighted by Gasteiger charge is 2.30. The minimum absolute atomic E-state index is 0. The molecule has 1 aromatic rings. The lowest BCUT2D eigenvalue weighted by Gasteiger charge is -2.12. The van der Waals surface area contributed by atoms with Gasteiger partial charge in [0.2, 0.25) is 0 Å². The Morgan fingerprint density at radius 3 is 2.24 bits per heavy atom. The monoisotopic (exact) mass is 267 g/mol. The van der Waals surface area contributed by atoms with Gasteiger partial charge in [-0.25, -0.2) is 0 Å². The number of benzene rings is 1. The van der Waals surface area contributed by atoms with Gasteiger partial charge in [0.15, 0.2) is 0 Å². The molecule has 0 heterocycles. The molecule has 0 spiro atoms. The lowest BCUT2D eigenvalue weighted by Crippen LogP contribution is -2.17. The van der Waals surface area contributed by atoms with Gasteiger partial charge in [-0.05, 0) is 24.1 Å². The van der Waals surface area contributed by atoms with Crippen molar-refractivity contribution >= 4 is 12.4 Å². The molecule has 0 bridgehead atoms. The lowest BCUT2D eigenvalue weighted by atomic mass is 10.1. The first-order chi connectivity index (χ1) is 7.42. The number of hydrogen-bond acceptors (Lipinski definition) is 2. The molecule has 0 saturated heterocycles. The molecule has 0 aliphatic rings. The van der Waals surface area contributed by atoms with Gasteiger partial charge in [0.1, 0.15) is 5.75 Å². The largest absolute Gasteiger partial charge is 0.573 e. The molecule has 2 nitrogen and oxygen atoms in total. The van der Waals surface area contributed by atoms with Crippen molar-refractivity contribution in [2.45, 2.75) is 18.8 Å². The van der Waals surface area contributed by atoms with Crippen LogP contribution < -0.4 is 10.5 Å². The Kier molecular flexibility index (Phi) is 6.05. The van der Waals surface area contributed by atoms with Crippen molar-refractivity contribution in [3.63, 3.8) is 0 Å². The van der Waals surface area contributed by atoms with E-state index in [1.807, 2.05) is 0 Å². The van der Waals surface area contributed by atoms with E-state index in [1.54, 1.807) is 6.08 Å². The molecule has 1 aromatic carbocycles. The van der Waals surface area contributed by atoms with Gasteiger partial charge >= 0.3 is 6.36 Å². The van der Waals surface area contributed by atoms with E-state index in [4.69, 9.17) is 5.73 Å². The first-order valence-electron chi connectivity index (χ1n) is 4.64. The van der Waals surface area contributed by atoms with Gasteiger partial charge in [-0.1, -0.05) is 18.2 Å². The predicted molar refractivity (Wildman–Crippen MR) is 62.1 cm³/mol. The molecule has 0 aliphatic carbocycles. The molecule has 0 radical (unpaired) electrons. The fraction of sp³-hybridized carbons (Fsp3) is 0.273. The van der Waals surface area contributed by atoms with E-state index < -0.39 is 6.36 Å². The Morgan fingerprint density at radius 1 is 1.29 bits per heavy atom. The molecule has 2 N–H and O–H groups in total. The maximum atomic E-state index is 11.9. The molecule has 0 aliphatic heterocycles. The highest BCUT2D eigenvalue weighted by atomic mass is 35.5. The standard InChI is InChI=1S/C11H12F3NO.ClH/c1-2-3-10(15)8-4-6-9(7-5-8)16-11(12,13)14;/h2,4-7,10H,1,3,15H2;1H/t10-;/m0./s1. The molecule has 1 atom stereocenters. The number of rotatable bonds is 4. The number of nitrogens with two attached hydrogens (primary N) is 1. The summed E-state index contributed by atoms with van der Waals surface area (Å²) in [4.78, 5) is 0. The van der Waals surface area contributed by atoms with E-state index >= 15 is 0 Å². The van der Waals surface area contributed by atoms with Crippen LogP contribution in [0.2, 0.25) is 0 Å². The van der Waals surface area contributed by atoms with Crippen molar-refractivity contribution in [2.75, 3.05) is 0 Å². The van der Waals surface area contributed by atoms with E-state index in [1.165, 1.54) is 24.3 Å². The van der Waals surface area contributed by atoms with Crippen LogP contribution in [0.1, 0.15) is 18.0 Å². The molecule has 96 valence electrons. The lowest BCUT2D eigenvalue weighted by molar-refractivity contribution is -0.274. The average Bonchev–Trinajstić information content (AvgIpc) is 2.16. The van der Waals surface area contributed by atoms with E-state index in [-0.39, 0.29) is 24.2 Å². The molecule has 1 rings (SSSR count). The molecule has 6 heteroatoms. The summed E-state index contributed by atoms with van der Waals surface area (Å²) in [6.07, 6.45) is -2.44. The van der Waals surface area contributed by atoms with Gasteiger partial charge in [0, 0.05) is 6.04 Å². The second-order valence-electron chi connectivity index (χ2n) is 3.25. The maximum Gasteiger partial charge on any atom is 0.573 e. The minimum atomic E-state index is -4.66. The Balaban J connectivity index is 0.00000256. The predicted octanol–water partition coefficient (Wildman–Crippen LogP) is 3.58. The highest BCUT2D eigenvalue weighted by Crippen LogP contribution is 2.24. The van der Waals surface area contributed by atoms with Crippen molar-refractivity contribution in [1.29, 1.82) is 0 Å². The van der Waals surface area contributed by atoms with E-state index in [0.717, 1.165) is 5.56 Å². The zero-order valence-electron chi connectivity index (χ0n) is 8.91. The third-order valence-corrected chi connectivity index (χ3v) is 1.96. The summed E-state index contributed by atoms with van der Waals surface area (Å²) in [6, 6.07) is 5.25. The first kappa shape index (κ1) is 15.8. The first-order valence-corrected chi connectivity index (χ1v) is 4.64. The van der Waals surface area contributed by atoms with Crippen LogP contribution in [-0.4, -0.2) is 6.36 Å². The molecule has 0 aromatic heterocycles. The van der Waals surface area contributed by atoms with Gasteiger partial charge in [-0.15, -0.1) is 32.2 Å². The maximum absolute atomic E-state index is 11.9. The summed E-state index contributed by atoms with van der Waals surface area (Å²) < 4.78 is 39.3. The molecule has 0 saturated carbocycles.